The van der Waals surface area contributed by atoms with Gasteiger partial charge >= 0.3 is 0 Å². The highest BCUT2D eigenvalue weighted by molar-refractivity contribution is 6.78. The zero-order chi connectivity index (χ0) is 24.3. The van der Waals surface area contributed by atoms with E-state index in [9.17, 15) is 14.7 Å². The fraction of sp³-hybridized carbons (Fsp3) is 0.640. The van der Waals surface area contributed by atoms with Crippen LogP contribution in [-0.4, -0.2) is 47.4 Å². The number of nitrogens with one attached hydrogen (secondary N) is 1. The van der Waals surface area contributed by atoms with Crippen LogP contribution >= 0.6 is 0 Å². The fourth-order valence-corrected chi connectivity index (χ4v) is 10.8. The molecule has 0 aliphatic carbocycles. The molecule has 7 nitrogen and oxygen atoms in total. The number of nitrogens with zero attached hydrogens (tertiary/aromatic N) is 2. The summed E-state index contributed by atoms with van der Waals surface area (Å²) in [6, 6.07) is 5.25. The molecule has 1 aromatic carbocycles. The Morgan fingerprint density at radius 2 is 1.88 bits per heavy atom. The van der Waals surface area contributed by atoms with Crippen molar-refractivity contribution in [2.45, 2.75) is 96.1 Å². The van der Waals surface area contributed by atoms with E-state index in [1.165, 1.54) is 10.9 Å². The number of benzene rings is 1. The van der Waals surface area contributed by atoms with Gasteiger partial charge in [-0.1, -0.05) is 41.5 Å². The molecule has 1 aromatic heterocycles. The maximum atomic E-state index is 13.2. The maximum absolute atomic E-state index is 13.2. The molecule has 182 valence electrons. The lowest BCUT2D eigenvalue weighted by Gasteiger charge is -2.42. The number of carbonyl (C=O) groups excluding carboxylic acids is 1. The minimum atomic E-state index is -2.16. The molecule has 0 saturated carbocycles. The minimum Gasteiger partial charge on any atom is -0.543 e. The van der Waals surface area contributed by atoms with E-state index in [2.05, 4.69) is 51.8 Å². The van der Waals surface area contributed by atoms with Gasteiger partial charge in [0.1, 0.15) is 5.75 Å². The molecule has 33 heavy (non-hydrogen) atoms. The first-order valence-electron chi connectivity index (χ1n) is 12.2. The number of Topliss-reactive ketones (excluding diaryl/α,β-unsaturated/α-hetero) is 1. The van der Waals surface area contributed by atoms with Crippen LogP contribution in [0.25, 0.3) is 10.9 Å². The highest BCUT2D eigenvalue weighted by Crippen LogP contribution is 2.42. The molecule has 0 unspecified atom stereocenters. The molecule has 1 aliphatic rings. The average molecular weight is 474 g/mol. The average Bonchev–Trinajstić information content (AvgIpc) is 2.75. The minimum absolute atomic E-state index is 0.0551. The normalized spacial score (nSPS) is 19.6. The third kappa shape index (κ3) is 5.39. The van der Waals surface area contributed by atoms with Crippen LogP contribution in [0.4, 0.5) is 0 Å². The van der Waals surface area contributed by atoms with E-state index in [-0.39, 0.29) is 30.3 Å². The largest absolute Gasteiger partial charge is 0.543 e. The number of ketones is 1. The Morgan fingerprint density at radius 1 is 1.21 bits per heavy atom. The number of hydrogen-bond acceptors (Lipinski definition) is 6. The summed E-state index contributed by atoms with van der Waals surface area (Å²) in [6.45, 7) is 14.1. The summed E-state index contributed by atoms with van der Waals surface area (Å²) in [4.78, 5) is 30.2. The number of fused-ring (bicyclic) bond motifs is 1. The first kappa shape index (κ1) is 25.6. The highest BCUT2D eigenvalue weighted by Gasteiger charge is 2.47. The number of hydrogen-bond donors (Lipinski definition) is 2. The number of aromatic nitrogens is 2. The van der Waals surface area contributed by atoms with Crippen molar-refractivity contribution in [1.29, 1.82) is 0 Å². The third-order valence-corrected chi connectivity index (χ3v) is 13.1. The van der Waals surface area contributed by atoms with Crippen LogP contribution in [0.2, 0.25) is 16.6 Å². The Hall–Kier alpha value is -2.03. The first-order chi connectivity index (χ1) is 15.6. The third-order valence-electron chi connectivity index (χ3n) is 7.14. The Morgan fingerprint density at radius 3 is 2.48 bits per heavy atom. The predicted molar refractivity (Wildman–Crippen MR) is 134 cm³/mol. The summed E-state index contributed by atoms with van der Waals surface area (Å²) >= 11 is 0. The summed E-state index contributed by atoms with van der Waals surface area (Å²) in [6.07, 6.45) is 2.70. The standard InChI is InChI=1S/C25H39N3O4Si/c1-16(2)33(17(3)4,18(5)6)32-20-9-10-22-21(13-20)25(31)28(15-27-22)14-19(29)12-23-24(30)8-7-11-26-23/h9-10,13,15-18,23-24,26,30H,7-8,11-12,14H2,1-6H3/t23-,24+/m1/s1. The Kier molecular flexibility index (Phi) is 8.13. The first-order valence-corrected chi connectivity index (χ1v) is 14.3. The van der Waals surface area contributed by atoms with E-state index in [0.29, 0.717) is 39.7 Å². The maximum Gasteiger partial charge on any atom is 0.261 e. The molecule has 8 heteroatoms. The monoisotopic (exact) mass is 473 g/mol. The topological polar surface area (TPSA) is 93.5 Å². The molecule has 2 aromatic rings. The number of carbonyl (C=O) groups is 1. The van der Waals surface area contributed by atoms with Gasteiger partial charge in [0.15, 0.2) is 5.78 Å². The molecule has 2 N–H and O–H groups in total. The second kappa shape index (κ2) is 10.5. The van der Waals surface area contributed by atoms with Crippen molar-refractivity contribution in [1.82, 2.24) is 14.9 Å². The van der Waals surface area contributed by atoms with Gasteiger partial charge in [0.25, 0.3) is 13.9 Å². The Balaban J connectivity index is 1.86. The highest BCUT2D eigenvalue weighted by atomic mass is 28.4. The Bertz CT molecular complexity index is 1010. The van der Waals surface area contributed by atoms with Crippen LogP contribution in [0.5, 0.6) is 5.75 Å². The predicted octanol–water partition coefficient (Wildman–Crippen LogP) is 4.02. The zero-order valence-corrected chi connectivity index (χ0v) is 21.8. The van der Waals surface area contributed by atoms with E-state index in [1.807, 2.05) is 12.1 Å². The van der Waals surface area contributed by atoms with Gasteiger partial charge in [0.2, 0.25) is 0 Å². The van der Waals surface area contributed by atoms with Crippen molar-refractivity contribution >= 4 is 25.0 Å². The number of piperidine rings is 1. The van der Waals surface area contributed by atoms with E-state index in [4.69, 9.17) is 4.43 Å². The van der Waals surface area contributed by atoms with E-state index >= 15 is 0 Å². The summed E-state index contributed by atoms with van der Waals surface area (Å²) in [5.41, 5.74) is 1.59. The van der Waals surface area contributed by atoms with Gasteiger partial charge in [-0.15, -0.1) is 0 Å². The second-order valence-corrected chi connectivity index (χ2v) is 15.7. The number of rotatable bonds is 9. The van der Waals surface area contributed by atoms with Crippen molar-refractivity contribution in [3.05, 3.63) is 34.9 Å². The molecule has 1 saturated heterocycles. The molecule has 0 radical (unpaired) electrons. The second-order valence-electron chi connectivity index (χ2n) is 10.3. The van der Waals surface area contributed by atoms with E-state index in [1.54, 1.807) is 6.07 Å². The van der Waals surface area contributed by atoms with Gasteiger partial charge in [-0.3, -0.25) is 14.2 Å². The van der Waals surface area contributed by atoms with Crippen molar-refractivity contribution in [3.63, 3.8) is 0 Å². The lowest BCUT2D eigenvalue weighted by molar-refractivity contribution is -0.121. The van der Waals surface area contributed by atoms with Crippen LogP contribution in [0.3, 0.4) is 0 Å². The van der Waals surface area contributed by atoms with Crippen LogP contribution < -0.4 is 15.3 Å². The molecule has 1 aliphatic heterocycles. The molecule has 3 rings (SSSR count). The Labute approximate surface area is 197 Å². The number of aliphatic hydroxyl groups excluding tert-OH is 1. The van der Waals surface area contributed by atoms with Gasteiger partial charge in [-0.25, -0.2) is 4.98 Å². The molecule has 0 bridgehead atoms. The van der Waals surface area contributed by atoms with E-state index in [0.717, 1.165) is 13.0 Å². The van der Waals surface area contributed by atoms with Crippen molar-refractivity contribution in [2.24, 2.45) is 0 Å². The molecule has 0 amide bonds. The van der Waals surface area contributed by atoms with Gasteiger partial charge in [-0.2, -0.15) is 0 Å². The quantitative estimate of drug-likeness (QED) is 0.534. The lowest BCUT2D eigenvalue weighted by atomic mass is 9.97. The van der Waals surface area contributed by atoms with Gasteiger partial charge in [-0.05, 0) is 54.2 Å². The van der Waals surface area contributed by atoms with Crippen LogP contribution in [0.1, 0.15) is 60.8 Å². The summed E-state index contributed by atoms with van der Waals surface area (Å²) in [5, 5.41) is 13.8. The molecular weight excluding hydrogens is 434 g/mol. The van der Waals surface area contributed by atoms with Gasteiger partial charge < -0.3 is 14.8 Å². The molecule has 1 fully saturated rings. The smallest absolute Gasteiger partial charge is 0.261 e. The summed E-state index contributed by atoms with van der Waals surface area (Å²) in [7, 11) is -2.16. The van der Waals surface area contributed by atoms with Crippen LogP contribution in [0, 0.1) is 0 Å². The molecular formula is C25H39N3O4Si. The molecule has 0 spiro atoms. The van der Waals surface area contributed by atoms with Crippen molar-refractivity contribution in [2.75, 3.05) is 6.54 Å². The summed E-state index contributed by atoms with van der Waals surface area (Å²) in [5.74, 6) is 0.595. The molecule has 2 heterocycles. The summed E-state index contributed by atoms with van der Waals surface area (Å²) < 4.78 is 8.11. The van der Waals surface area contributed by atoms with Gasteiger partial charge in [0.05, 0.1) is 29.9 Å². The fourth-order valence-electron chi connectivity index (χ4n) is 5.52. The van der Waals surface area contributed by atoms with Crippen molar-refractivity contribution in [3.8, 4) is 5.75 Å². The molecule has 2 atom stereocenters. The van der Waals surface area contributed by atoms with Gasteiger partial charge in [0, 0.05) is 12.5 Å². The SMILES string of the molecule is CC(C)[Si](Oc1ccc2ncn(CC(=O)C[C@H]3NCCC[C@@H]3O)c(=O)c2c1)(C(C)C)C(C)C. The van der Waals surface area contributed by atoms with Crippen LogP contribution in [-0.2, 0) is 11.3 Å². The van der Waals surface area contributed by atoms with E-state index < -0.39 is 14.4 Å². The van der Waals surface area contributed by atoms with Crippen molar-refractivity contribution < 1.29 is 14.3 Å². The zero-order valence-electron chi connectivity index (χ0n) is 20.8. The number of aliphatic hydroxyl groups is 1. The lowest BCUT2D eigenvalue weighted by Crippen LogP contribution is -2.50. The van der Waals surface area contributed by atoms with Crippen LogP contribution in [0.15, 0.2) is 29.3 Å².